The summed E-state index contributed by atoms with van der Waals surface area (Å²) < 4.78 is 13.1. The van der Waals surface area contributed by atoms with Crippen LogP contribution in [0.5, 0.6) is 11.5 Å². The normalized spacial score (nSPS) is 15.2. The Morgan fingerprint density at radius 3 is 2.53 bits per heavy atom. The number of methoxy groups -OCH3 is 2. The number of fused-ring (bicyclic) bond motifs is 3. The SMILES string of the molecule is COc1ccc(C2c3cccn3-c3ccccc3CN2C(=O)NC(C)C)cc1OC. The molecule has 30 heavy (non-hydrogen) atoms. The fourth-order valence-electron chi connectivity index (χ4n) is 4.04. The van der Waals surface area contributed by atoms with E-state index >= 15 is 0 Å². The van der Waals surface area contributed by atoms with Crippen molar-refractivity contribution in [3.63, 3.8) is 0 Å². The smallest absolute Gasteiger partial charge is 0.318 e. The fourth-order valence-corrected chi connectivity index (χ4v) is 4.04. The van der Waals surface area contributed by atoms with Gasteiger partial charge in [-0.1, -0.05) is 24.3 Å². The van der Waals surface area contributed by atoms with Gasteiger partial charge in [0.25, 0.3) is 0 Å². The van der Waals surface area contributed by atoms with Crippen LogP contribution in [0.4, 0.5) is 4.79 Å². The Balaban J connectivity index is 1.90. The molecule has 0 bridgehead atoms. The van der Waals surface area contributed by atoms with E-state index in [1.165, 1.54) is 0 Å². The molecular weight excluding hydrogens is 378 g/mol. The molecule has 6 heteroatoms. The average Bonchev–Trinajstić information content (AvgIpc) is 3.17. The van der Waals surface area contributed by atoms with Crippen LogP contribution in [0.2, 0.25) is 0 Å². The van der Waals surface area contributed by atoms with Crippen LogP contribution in [0.15, 0.2) is 60.8 Å². The zero-order chi connectivity index (χ0) is 21.3. The number of carbonyl (C=O) groups excluding carboxylic acids is 1. The summed E-state index contributed by atoms with van der Waals surface area (Å²) >= 11 is 0. The van der Waals surface area contributed by atoms with Crippen LogP contribution in [0.25, 0.3) is 5.69 Å². The first kappa shape index (κ1) is 19.9. The number of para-hydroxylation sites is 1. The third-order valence-corrected chi connectivity index (χ3v) is 5.36. The summed E-state index contributed by atoms with van der Waals surface area (Å²) in [5, 5.41) is 3.07. The van der Waals surface area contributed by atoms with Gasteiger partial charge in [-0.2, -0.15) is 0 Å². The Kier molecular flexibility index (Phi) is 5.40. The standard InChI is InChI=1S/C24H27N3O3/c1-16(2)25-24(28)27-15-18-8-5-6-9-19(18)26-13-7-10-20(26)23(27)17-11-12-21(29-3)22(14-17)30-4/h5-14,16,23H,15H2,1-4H3,(H,25,28). The van der Waals surface area contributed by atoms with E-state index in [0.29, 0.717) is 18.0 Å². The lowest BCUT2D eigenvalue weighted by Gasteiger charge is -2.32. The van der Waals surface area contributed by atoms with Crippen LogP contribution in [0.3, 0.4) is 0 Å². The van der Waals surface area contributed by atoms with Crippen LogP contribution < -0.4 is 14.8 Å². The molecule has 1 unspecified atom stereocenters. The summed E-state index contributed by atoms with van der Waals surface area (Å²) in [5.74, 6) is 1.30. The molecule has 1 N–H and O–H groups in total. The predicted octanol–water partition coefficient (Wildman–Crippen LogP) is 4.52. The lowest BCUT2D eigenvalue weighted by molar-refractivity contribution is 0.178. The third-order valence-electron chi connectivity index (χ3n) is 5.36. The number of ether oxygens (including phenoxy) is 2. The number of nitrogens with zero attached hydrogens (tertiary/aromatic N) is 2. The van der Waals surface area contributed by atoms with Gasteiger partial charge in [-0.15, -0.1) is 0 Å². The number of nitrogens with one attached hydrogen (secondary N) is 1. The van der Waals surface area contributed by atoms with Crippen LogP contribution in [0.1, 0.15) is 36.7 Å². The zero-order valence-electron chi connectivity index (χ0n) is 17.8. The van der Waals surface area contributed by atoms with Gasteiger partial charge >= 0.3 is 6.03 Å². The minimum atomic E-state index is -0.286. The third kappa shape index (κ3) is 3.49. The second-order valence-corrected chi connectivity index (χ2v) is 7.68. The molecule has 0 aliphatic carbocycles. The van der Waals surface area contributed by atoms with E-state index in [4.69, 9.17) is 9.47 Å². The molecule has 0 radical (unpaired) electrons. The summed E-state index contributed by atoms with van der Waals surface area (Å²) in [6.45, 7) is 4.44. The highest BCUT2D eigenvalue weighted by Gasteiger charge is 2.33. The van der Waals surface area contributed by atoms with Crippen molar-refractivity contribution in [2.24, 2.45) is 0 Å². The summed E-state index contributed by atoms with van der Waals surface area (Å²) in [5.41, 5.74) is 4.16. The number of carbonyl (C=O) groups is 1. The van der Waals surface area contributed by atoms with Gasteiger partial charge in [-0.05, 0) is 55.3 Å². The Bertz CT molecular complexity index is 1060. The number of aromatic nitrogens is 1. The molecule has 1 aliphatic heterocycles. The Labute approximate surface area is 177 Å². The number of hydrogen-bond donors (Lipinski definition) is 1. The highest BCUT2D eigenvalue weighted by Crippen LogP contribution is 2.39. The molecule has 3 aromatic rings. The Morgan fingerprint density at radius 1 is 1.03 bits per heavy atom. The van der Waals surface area contributed by atoms with Crippen molar-refractivity contribution in [2.45, 2.75) is 32.5 Å². The molecule has 1 aliphatic rings. The van der Waals surface area contributed by atoms with Crippen molar-refractivity contribution in [1.82, 2.24) is 14.8 Å². The van der Waals surface area contributed by atoms with E-state index in [-0.39, 0.29) is 18.1 Å². The molecule has 6 nitrogen and oxygen atoms in total. The minimum absolute atomic E-state index is 0.0360. The molecule has 1 aromatic heterocycles. The van der Waals surface area contributed by atoms with E-state index in [1.54, 1.807) is 14.2 Å². The van der Waals surface area contributed by atoms with Crippen molar-refractivity contribution in [3.8, 4) is 17.2 Å². The number of rotatable bonds is 4. The van der Waals surface area contributed by atoms with Crippen molar-refractivity contribution in [3.05, 3.63) is 77.6 Å². The summed E-state index contributed by atoms with van der Waals surface area (Å²) in [6.07, 6.45) is 2.05. The quantitative estimate of drug-likeness (QED) is 0.694. The summed E-state index contributed by atoms with van der Waals surface area (Å²) in [6, 6.07) is 17.8. The van der Waals surface area contributed by atoms with E-state index in [1.807, 2.05) is 61.3 Å². The van der Waals surface area contributed by atoms with Crippen LogP contribution in [-0.2, 0) is 6.54 Å². The molecular formula is C24H27N3O3. The van der Waals surface area contributed by atoms with Crippen molar-refractivity contribution in [2.75, 3.05) is 14.2 Å². The number of urea groups is 1. The molecule has 0 saturated heterocycles. The van der Waals surface area contributed by atoms with Gasteiger partial charge in [0.1, 0.15) is 0 Å². The maximum Gasteiger partial charge on any atom is 0.318 e. The molecule has 0 spiro atoms. The van der Waals surface area contributed by atoms with Crippen LogP contribution in [-0.4, -0.2) is 35.8 Å². The number of benzene rings is 2. The van der Waals surface area contributed by atoms with E-state index < -0.39 is 0 Å². The van der Waals surface area contributed by atoms with E-state index in [2.05, 4.69) is 28.1 Å². The second-order valence-electron chi connectivity index (χ2n) is 7.68. The fraction of sp³-hybridized carbons (Fsp3) is 0.292. The highest BCUT2D eigenvalue weighted by molar-refractivity contribution is 5.76. The first-order valence-electron chi connectivity index (χ1n) is 10.1. The monoisotopic (exact) mass is 405 g/mol. The molecule has 2 heterocycles. The van der Waals surface area contributed by atoms with Gasteiger partial charge in [-0.25, -0.2) is 4.79 Å². The largest absolute Gasteiger partial charge is 0.493 e. The first-order chi connectivity index (χ1) is 14.5. The molecule has 1 atom stereocenters. The van der Waals surface area contributed by atoms with Gasteiger partial charge in [0.05, 0.1) is 32.5 Å². The first-order valence-corrected chi connectivity index (χ1v) is 10.1. The topological polar surface area (TPSA) is 55.7 Å². The van der Waals surface area contributed by atoms with Gasteiger partial charge in [0, 0.05) is 17.9 Å². The summed E-state index contributed by atoms with van der Waals surface area (Å²) in [4.78, 5) is 15.2. The van der Waals surface area contributed by atoms with Gasteiger partial charge in [0.15, 0.2) is 11.5 Å². The van der Waals surface area contributed by atoms with E-state index in [0.717, 1.165) is 22.5 Å². The molecule has 4 rings (SSSR count). The Morgan fingerprint density at radius 2 is 1.80 bits per heavy atom. The van der Waals surface area contributed by atoms with Gasteiger partial charge in [0.2, 0.25) is 0 Å². The zero-order valence-corrected chi connectivity index (χ0v) is 17.8. The van der Waals surface area contributed by atoms with Crippen molar-refractivity contribution in [1.29, 1.82) is 0 Å². The molecule has 2 amide bonds. The average molecular weight is 405 g/mol. The maximum atomic E-state index is 13.3. The molecule has 0 saturated carbocycles. The highest BCUT2D eigenvalue weighted by atomic mass is 16.5. The van der Waals surface area contributed by atoms with Crippen LogP contribution >= 0.6 is 0 Å². The predicted molar refractivity (Wildman–Crippen MR) is 116 cm³/mol. The number of amides is 2. The maximum absolute atomic E-state index is 13.3. The molecule has 2 aromatic carbocycles. The van der Waals surface area contributed by atoms with E-state index in [9.17, 15) is 4.79 Å². The van der Waals surface area contributed by atoms with Crippen LogP contribution in [0, 0.1) is 0 Å². The van der Waals surface area contributed by atoms with Crippen molar-refractivity contribution < 1.29 is 14.3 Å². The molecule has 156 valence electrons. The summed E-state index contributed by atoms with van der Waals surface area (Å²) in [7, 11) is 3.24. The second kappa shape index (κ2) is 8.14. The van der Waals surface area contributed by atoms with Crippen molar-refractivity contribution >= 4 is 6.03 Å². The minimum Gasteiger partial charge on any atom is -0.493 e. The Hall–Kier alpha value is -3.41. The lowest BCUT2D eigenvalue weighted by Crippen LogP contribution is -2.44. The molecule has 0 fully saturated rings. The van der Waals surface area contributed by atoms with Gasteiger partial charge < -0.3 is 24.3 Å². The van der Waals surface area contributed by atoms with Gasteiger partial charge in [-0.3, -0.25) is 0 Å². The lowest BCUT2D eigenvalue weighted by atomic mass is 10.0. The number of hydrogen-bond acceptors (Lipinski definition) is 3.